The summed E-state index contributed by atoms with van der Waals surface area (Å²) >= 11 is 0. The van der Waals surface area contributed by atoms with Crippen molar-refractivity contribution in [2.75, 3.05) is 32.0 Å². The van der Waals surface area contributed by atoms with Gasteiger partial charge in [-0.2, -0.15) is 0 Å². The smallest absolute Gasteiger partial charge is 0.274 e. The molecule has 0 saturated carbocycles. The van der Waals surface area contributed by atoms with E-state index in [0.29, 0.717) is 28.8 Å². The Balaban J connectivity index is 1.81. The van der Waals surface area contributed by atoms with Crippen LogP contribution in [0.2, 0.25) is 0 Å². The van der Waals surface area contributed by atoms with Gasteiger partial charge in [-0.05, 0) is 24.6 Å². The lowest BCUT2D eigenvalue weighted by Gasteiger charge is -2.14. The molecule has 3 rings (SSSR count). The first-order chi connectivity index (χ1) is 14.0. The minimum absolute atomic E-state index is 0.212. The Bertz CT molecular complexity index is 998. The molecule has 1 amide bonds. The molecule has 8 nitrogen and oxygen atoms in total. The second kappa shape index (κ2) is 8.92. The maximum atomic E-state index is 12.7. The lowest BCUT2D eigenvalue weighted by Crippen LogP contribution is -2.14. The SMILES string of the molecule is COc1cc(NC(=O)c2cc(Nc3cccc(C)c3)ncn2)cc(OC)c1OC. The maximum Gasteiger partial charge on any atom is 0.274 e. The van der Waals surface area contributed by atoms with E-state index in [4.69, 9.17) is 14.2 Å². The van der Waals surface area contributed by atoms with Gasteiger partial charge in [-0.3, -0.25) is 4.79 Å². The summed E-state index contributed by atoms with van der Waals surface area (Å²) in [6.07, 6.45) is 1.34. The monoisotopic (exact) mass is 394 g/mol. The topological polar surface area (TPSA) is 94.6 Å². The van der Waals surface area contributed by atoms with Crippen LogP contribution in [-0.4, -0.2) is 37.2 Å². The summed E-state index contributed by atoms with van der Waals surface area (Å²) in [6, 6.07) is 12.7. The first-order valence-corrected chi connectivity index (χ1v) is 8.81. The van der Waals surface area contributed by atoms with Crippen LogP contribution in [0.3, 0.4) is 0 Å². The molecule has 3 aromatic rings. The van der Waals surface area contributed by atoms with E-state index in [-0.39, 0.29) is 5.69 Å². The first-order valence-electron chi connectivity index (χ1n) is 8.81. The zero-order valence-electron chi connectivity index (χ0n) is 16.6. The van der Waals surface area contributed by atoms with Crippen LogP contribution in [0.25, 0.3) is 0 Å². The molecule has 0 aliphatic carbocycles. The van der Waals surface area contributed by atoms with Gasteiger partial charge in [0.25, 0.3) is 5.91 Å². The van der Waals surface area contributed by atoms with Gasteiger partial charge in [0.2, 0.25) is 5.75 Å². The first kappa shape index (κ1) is 19.9. The van der Waals surface area contributed by atoms with Gasteiger partial charge in [-0.15, -0.1) is 0 Å². The van der Waals surface area contributed by atoms with Crippen molar-refractivity contribution in [2.24, 2.45) is 0 Å². The number of nitrogens with zero attached hydrogens (tertiary/aromatic N) is 2. The summed E-state index contributed by atoms with van der Waals surface area (Å²) in [5.41, 5.74) is 2.68. The van der Waals surface area contributed by atoms with E-state index >= 15 is 0 Å². The highest BCUT2D eigenvalue weighted by atomic mass is 16.5. The Morgan fingerprint density at radius 3 is 2.24 bits per heavy atom. The molecule has 0 spiro atoms. The summed E-state index contributed by atoms with van der Waals surface area (Å²) in [6.45, 7) is 2.00. The number of hydrogen-bond donors (Lipinski definition) is 2. The Hall–Kier alpha value is -3.81. The van der Waals surface area contributed by atoms with Crippen molar-refractivity contribution >= 4 is 23.1 Å². The molecule has 29 heavy (non-hydrogen) atoms. The Morgan fingerprint density at radius 2 is 1.62 bits per heavy atom. The lowest BCUT2D eigenvalue weighted by molar-refractivity contribution is 0.102. The fraction of sp³-hybridized carbons (Fsp3) is 0.190. The average Bonchev–Trinajstić information content (AvgIpc) is 2.73. The van der Waals surface area contributed by atoms with E-state index in [1.165, 1.54) is 27.7 Å². The van der Waals surface area contributed by atoms with Gasteiger partial charge in [0, 0.05) is 29.6 Å². The third-order valence-electron chi connectivity index (χ3n) is 4.11. The minimum Gasteiger partial charge on any atom is -0.493 e. The highest BCUT2D eigenvalue weighted by Gasteiger charge is 2.16. The number of aromatic nitrogens is 2. The summed E-state index contributed by atoms with van der Waals surface area (Å²) in [5, 5.41) is 5.95. The van der Waals surface area contributed by atoms with Crippen molar-refractivity contribution < 1.29 is 19.0 Å². The van der Waals surface area contributed by atoms with E-state index in [1.54, 1.807) is 18.2 Å². The normalized spacial score (nSPS) is 10.2. The fourth-order valence-corrected chi connectivity index (χ4v) is 2.77. The standard InChI is InChI=1S/C21H22N4O4/c1-13-6-5-7-14(8-13)24-19-11-16(22-12-23-19)21(26)25-15-9-17(27-2)20(29-4)18(10-15)28-3/h5-12H,1-4H3,(H,25,26)(H,22,23,24). The van der Waals surface area contributed by atoms with Crippen LogP contribution >= 0.6 is 0 Å². The summed E-state index contributed by atoms with van der Waals surface area (Å²) in [5.74, 6) is 1.44. The number of anilines is 3. The summed E-state index contributed by atoms with van der Waals surface area (Å²) in [4.78, 5) is 20.9. The molecule has 2 aromatic carbocycles. The highest BCUT2D eigenvalue weighted by Crippen LogP contribution is 2.40. The van der Waals surface area contributed by atoms with Gasteiger partial charge in [-0.25, -0.2) is 9.97 Å². The van der Waals surface area contributed by atoms with Crippen LogP contribution in [-0.2, 0) is 0 Å². The van der Waals surface area contributed by atoms with Gasteiger partial charge >= 0.3 is 0 Å². The number of hydrogen-bond acceptors (Lipinski definition) is 7. The van der Waals surface area contributed by atoms with Crippen molar-refractivity contribution in [1.82, 2.24) is 9.97 Å². The minimum atomic E-state index is -0.394. The largest absolute Gasteiger partial charge is 0.493 e. The maximum absolute atomic E-state index is 12.7. The lowest BCUT2D eigenvalue weighted by atomic mass is 10.2. The molecular formula is C21H22N4O4. The van der Waals surface area contributed by atoms with E-state index < -0.39 is 5.91 Å². The van der Waals surface area contributed by atoms with Crippen molar-refractivity contribution in [2.45, 2.75) is 6.92 Å². The molecule has 0 radical (unpaired) electrons. The van der Waals surface area contributed by atoms with Crippen LogP contribution in [0, 0.1) is 6.92 Å². The number of rotatable bonds is 7. The van der Waals surface area contributed by atoms with Crippen molar-refractivity contribution in [3.63, 3.8) is 0 Å². The second-order valence-electron chi connectivity index (χ2n) is 6.15. The predicted molar refractivity (Wildman–Crippen MR) is 111 cm³/mol. The van der Waals surface area contributed by atoms with Gasteiger partial charge < -0.3 is 24.8 Å². The third kappa shape index (κ3) is 4.73. The van der Waals surface area contributed by atoms with Crippen molar-refractivity contribution in [3.05, 3.63) is 60.0 Å². The van der Waals surface area contributed by atoms with Crippen LogP contribution < -0.4 is 24.8 Å². The molecule has 1 heterocycles. The number of methoxy groups -OCH3 is 3. The number of benzene rings is 2. The van der Waals surface area contributed by atoms with E-state index in [0.717, 1.165) is 11.3 Å². The molecule has 0 unspecified atom stereocenters. The molecule has 0 atom stereocenters. The molecule has 2 N–H and O–H groups in total. The van der Waals surface area contributed by atoms with E-state index in [2.05, 4.69) is 20.6 Å². The van der Waals surface area contributed by atoms with Crippen LogP contribution in [0.15, 0.2) is 48.8 Å². The molecule has 0 aliphatic rings. The number of ether oxygens (including phenoxy) is 3. The Kier molecular flexibility index (Phi) is 6.13. The predicted octanol–water partition coefficient (Wildman–Crippen LogP) is 3.81. The van der Waals surface area contributed by atoms with Crippen LogP contribution in [0.5, 0.6) is 17.2 Å². The van der Waals surface area contributed by atoms with Crippen molar-refractivity contribution in [3.8, 4) is 17.2 Å². The number of aryl methyl sites for hydroxylation is 1. The molecular weight excluding hydrogens is 372 g/mol. The van der Waals surface area contributed by atoms with Gasteiger partial charge in [0.15, 0.2) is 11.5 Å². The zero-order chi connectivity index (χ0) is 20.8. The number of nitrogens with one attached hydrogen (secondary N) is 2. The number of carbonyl (C=O) groups excluding carboxylic acids is 1. The molecule has 1 aromatic heterocycles. The molecule has 0 fully saturated rings. The van der Waals surface area contributed by atoms with E-state index in [9.17, 15) is 4.79 Å². The molecule has 150 valence electrons. The van der Waals surface area contributed by atoms with Crippen LogP contribution in [0.1, 0.15) is 16.1 Å². The van der Waals surface area contributed by atoms with Gasteiger partial charge in [0.1, 0.15) is 17.8 Å². The van der Waals surface area contributed by atoms with E-state index in [1.807, 2.05) is 31.2 Å². The number of amides is 1. The summed E-state index contributed by atoms with van der Waals surface area (Å²) < 4.78 is 15.9. The quantitative estimate of drug-likeness (QED) is 0.629. The zero-order valence-corrected chi connectivity index (χ0v) is 16.6. The van der Waals surface area contributed by atoms with Crippen LogP contribution in [0.4, 0.5) is 17.2 Å². The number of carbonyl (C=O) groups is 1. The Morgan fingerprint density at radius 1 is 0.897 bits per heavy atom. The highest BCUT2D eigenvalue weighted by molar-refractivity contribution is 6.03. The van der Waals surface area contributed by atoms with Gasteiger partial charge in [0.05, 0.1) is 21.3 Å². The Labute approximate surface area is 168 Å². The average molecular weight is 394 g/mol. The third-order valence-corrected chi connectivity index (χ3v) is 4.11. The molecule has 0 bridgehead atoms. The fourth-order valence-electron chi connectivity index (χ4n) is 2.77. The second-order valence-corrected chi connectivity index (χ2v) is 6.15. The summed E-state index contributed by atoms with van der Waals surface area (Å²) in [7, 11) is 4.54. The van der Waals surface area contributed by atoms with Crippen molar-refractivity contribution in [1.29, 1.82) is 0 Å². The molecule has 0 aliphatic heterocycles. The van der Waals surface area contributed by atoms with Gasteiger partial charge in [-0.1, -0.05) is 12.1 Å². The molecule has 0 saturated heterocycles. The molecule has 8 heteroatoms.